The van der Waals surface area contributed by atoms with Crippen molar-refractivity contribution in [2.24, 2.45) is 0 Å². The van der Waals surface area contributed by atoms with Gasteiger partial charge in [0.15, 0.2) is 0 Å². The van der Waals surface area contributed by atoms with Crippen molar-refractivity contribution in [3.63, 3.8) is 0 Å². The van der Waals surface area contributed by atoms with Gasteiger partial charge in [0.25, 0.3) is 0 Å². The highest BCUT2D eigenvalue weighted by atomic mass is 15.1. The molecule has 0 atom stereocenters. The summed E-state index contributed by atoms with van der Waals surface area (Å²) < 4.78 is 0. The van der Waals surface area contributed by atoms with Gasteiger partial charge in [0.2, 0.25) is 0 Å². The molecule has 3 heteroatoms. The lowest BCUT2D eigenvalue weighted by Gasteiger charge is -2.18. The predicted molar refractivity (Wildman–Crippen MR) is 111 cm³/mol. The monoisotopic (exact) mass is 347 g/mol. The van der Waals surface area contributed by atoms with Crippen LogP contribution in [0, 0.1) is 0 Å². The van der Waals surface area contributed by atoms with E-state index in [1.807, 2.05) is 6.07 Å². The summed E-state index contributed by atoms with van der Waals surface area (Å²) in [6, 6.07) is 21.1. The highest BCUT2D eigenvalue weighted by Crippen LogP contribution is 2.24. The topological polar surface area (TPSA) is 28.2 Å². The lowest BCUT2D eigenvalue weighted by Crippen LogP contribution is -2.27. The molecule has 0 aliphatic rings. The minimum Gasteiger partial charge on any atom is -0.313 e. The van der Waals surface area contributed by atoms with E-state index in [4.69, 9.17) is 4.98 Å². The Hall–Kier alpha value is -2.23. The SMILES string of the molecule is CCN(CC)CCCNCc1cc(-c2ccccc2)nc2ccccc12. The number of fused-ring (bicyclic) bond motifs is 1. The fourth-order valence-corrected chi connectivity index (χ4v) is 3.34. The van der Waals surface area contributed by atoms with Crippen molar-refractivity contribution in [3.05, 3.63) is 66.2 Å². The molecule has 0 aliphatic carbocycles. The van der Waals surface area contributed by atoms with Crippen LogP contribution >= 0.6 is 0 Å². The van der Waals surface area contributed by atoms with Gasteiger partial charge in [-0.15, -0.1) is 0 Å². The van der Waals surface area contributed by atoms with Crippen LogP contribution in [-0.2, 0) is 6.54 Å². The Bertz CT molecular complexity index is 810. The Morgan fingerprint density at radius 2 is 1.65 bits per heavy atom. The molecule has 26 heavy (non-hydrogen) atoms. The number of pyridine rings is 1. The van der Waals surface area contributed by atoms with E-state index in [0.29, 0.717) is 0 Å². The van der Waals surface area contributed by atoms with Crippen LogP contribution < -0.4 is 5.32 Å². The summed E-state index contributed by atoms with van der Waals surface area (Å²) in [5.74, 6) is 0. The van der Waals surface area contributed by atoms with Crippen molar-refractivity contribution < 1.29 is 0 Å². The van der Waals surface area contributed by atoms with Crippen LogP contribution in [0.4, 0.5) is 0 Å². The van der Waals surface area contributed by atoms with Crippen LogP contribution in [0.3, 0.4) is 0 Å². The second-order valence-corrected chi connectivity index (χ2v) is 6.61. The van der Waals surface area contributed by atoms with Crippen LogP contribution in [0.25, 0.3) is 22.2 Å². The molecule has 1 N–H and O–H groups in total. The molecule has 2 aromatic carbocycles. The maximum atomic E-state index is 4.86. The van der Waals surface area contributed by atoms with Crippen molar-refractivity contribution in [1.82, 2.24) is 15.2 Å². The predicted octanol–water partition coefficient (Wildman–Crippen LogP) is 4.72. The quantitative estimate of drug-likeness (QED) is 0.568. The van der Waals surface area contributed by atoms with Crippen LogP contribution in [0.15, 0.2) is 60.7 Å². The third-order valence-electron chi connectivity index (χ3n) is 4.91. The molecule has 0 fully saturated rings. The first-order chi connectivity index (χ1) is 12.8. The van der Waals surface area contributed by atoms with Gasteiger partial charge in [0.1, 0.15) is 0 Å². The van der Waals surface area contributed by atoms with E-state index in [-0.39, 0.29) is 0 Å². The molecule has 3 nitrogen and oxygen atoms in total. The van der Waals surface area contributed by atoms with E-state index in [0.717, 1.165) is 43.9 Å². The summed E-state index contributed by atoms with van der Waals surface area (Å²) in [5.41, 5.74) is 4.59. The second kappa shape index (κ2) is 9.46. The average Bonchev–Trinajstić information content (AvgIpc) is 2.71. The van der Waals surface area contributed by atoms with Gasteiger partial charge in [-0.1, -0.05) is 62.4 Å². The molecule has 136 valence electrons. The smallest absolute Gasteiger partial charge is 0.0712 e. The van der Waals surface area contributed by atoms with E-state index in [2.05, 4.69) is 78.7 Å². The Kier molecular flexibility index (Phi) is 6.75. The number of benzene rings is 2. The number of rotatable bonds is 9. The standard InChI is InChI=1S/C23H29N3/c1-3-26(4-2)16-10-15-24-18-20-17-23(19-11-6-5-7-12-19)25-22-14-9-8-13-21(20)22/h5-9,11-14,17,24H,3-4,10,15-16,18H2,1-2H3. The molecule has 0 amide bonds. The van der Waals surface area contributed by atoms with Crippen LogP contribution in [0.5, 0.6) is 0 Å². The van der Waals surface area contributed by atoms with E-state index in [9.17, 15) is 0 Å². The van der Waals surface area contributed by atoms with Gasteiger partial charge in [-0.05, 0) is 50.3 Å². The number of hydrogen-bond acceptors (Lipinski definition) is 3. The van der Waals surface area contributed by atoms with E-state index >= 15 is 0 Å². The molecule has 0 radical (unpaired) electrons. The highest BCUT2D eigenvalue weighted by molar-refractivity contribution is 5.85. The summed E-state index contributed by atoms with van der Waals surface area (Å²) in [6.45, 7) is 9.79. The maximum absolute atomic E-state index is 4.86. The molecular formula is C23H29N3. The maximum Gasteiger partial charge on any atom is 0.0712 e. The van der Waals surface area contributed by atoms with E-state index in [1.54, 1.807) is 0 Å². The van der Waals surface area contributed by atoms with E-state index in [1.165, 1.54) is 22.9 Å². The first-order valence-electron chi connectivity index (χ1n) is 9.69. The van der Waals surface area contributed by atoms with Crippen LogP contribution in [0.2, 0.25) is 0 Å². The fraction of sp³-hybridized carbons (Fsp3) is 0.348. The Labute approximate surface area is 157 Å². The molecule has 3 aromatic rings. The van der Waals surface area contributed by atoms with Gasteiger partial charge >= 0.3 is 0 Å². The third kappa shape index (κ3) is 4.69. The van der Waals surface area contributed by atoms with Gasteiger partial charge in [-0.3, -0.25) is 0 Å². The average molecular weight is 348 g/mol. The van der Waals surface area contributed by atoms with E-state index < -0.39 is 0 Å². The molecule has 1 aromatic heterocycles. The summed E-state index contributed by atoms with van der Waals surface area (Å²) in [4.78, 5) is 7.33. The summed E-state index contributed by atoms with van der Waals surface area (Å²) >= 11 is 0. The van der Waals surface area contributed by atoms with Crippen molar-refractivity contribution in [2.45, 2.75) is 26.8 Å². The molecule has 3 rings (SSSR count). The number of nitrogens with one attached hydrogen (secondary N) is 1. The second-order valence-electron chi connectivity index (χ2n) is 6.61. The van der Waals surface area contributed by atoms with Gasteiger partial charge in [0.05, 0.1) is 11.2 Å². The fourth-order valence-electron chi connectivity index (χ4n) is 3.34. The first kappa shape index (κ1) is 18.6. The molecule has 0 aliphatic heterocycles. The summed E-state index contributed by atoms with van der Waals surface area (Å²) in [6.07, 6.45) is 1.18. The molecular weight excluding hydrogens is 318 g/mol. The number of para-hydroxylation sites is 1. The van der Waals surface area contributed by atoms with Gasteiger partial charge in [-0.2, -0.15) is 0 Å². The van der Waals surface area contributed by atoms with Crippen molar-refractivity contribution in [1.29, 1.82) is 0 Å². The van der Waals surface area contributed by atoms with Crippen LogP contribution in [0.1, 0.15) is 25.8 Å². The lowest BCUT2D eigenvalue weighted by molar-refractivity contribution is 0.298. The minimum absolute atomic E-state index is 0.876. The number of nitrogens with zero attached hydrogens (tertiary/aromatic N) is 2. The lowest BCUT2D eigenvalue weighted by atomic mass is 10.0. The number of hydrogen-bond donors (Lipinski definition) is 1. The van der Waals surface area contributed by atoms with Gasteiger partial charge in [-0.25, -0.2) is 4.98 Å². The van der Waals surface area contributed by atoms with Gasteiger partial charge < -0.3 is 10.2 Å². The molecule has 0 saturated carbocycles. The molecule has 1 heterocycles. The largest absolute Gasteiger partial charge is 0.313 e. The molecule has 0 unspecified atom stereocenters. The molecule has 0 bridgehead atoms. The Balaban J connectivity index is 1.72. The third-order valence-corrected chi connectivity index (χ3v) is 4.91. The first-order valence-corrected chi connectivity index (χ1v) is 9.69. The normalized spacial score (nSPS) is 11.3. The van der Waals surface area contributed by atoms with Gasteiger partial charge in [0, 0.05) is 17.5 Å². The molecule has 0 saturated heterocycles. The van der Waals surface area contributed by atoms with Crippen molar-refractivity contribution >= 4 is 10.9 Å². The highest BCUT2D eigenvalue weighted by Gasteiger charge is 2.07. The number of aromatic nitrogens is 1. The Morgan fingerprint density at radius 1 is 0.923 bits per heavy atom. The molecule has 0 spiro atoms. The zero-order valence-electron chi connectivity index (χ0n) is 15.9. The zero-order valence-corrected chi connectivity index (χ0v) is 15.9. The van der Waals surface area contributed by atoms with Crippen molar-refractivity contribution in [2.75, 3.05) is 26.2 Å². The minimum atomic E-state index is 0.876. The summed E-state index contributed by atoms with van der Waals surface area (Å²) in [5, 5.41) is 4.86. The summed E-state index contributed by atoms with van der Waals surface area (Å²) in [7, 11) is 0. The van der Waals surface area contributed by atoms with Crippen LogP contribution in [-0.4, -0.2) is 36.1 Å². The Morgan fingerprint density at radius 3 is 2.42 bits per heavy atom. The zero-order chi connectivity index (χ0) is 18.2. The van der Waals surface area contributed by atoms with Crippen molar-refractivity contribution in [3.8, 4) is 11.3 Å².